The van der Waals surface area contributed by atoms with Gasteiger partial charge in [0.2, 0.25) is 5.91 Å². The molecule has 4 atom stereocenters. The van der Waals surface area contributed by atoms with Gasteiger partial charge < -0.3 is 35.8 Å². The molecule has 13 nitrogen and oxygen atoms in total. The summed E-state index contributed by atoms with van der Waals surface area (Å²) >= 11 is 0. The number of aliphatic hydroxyl groups is 3. The molecular weight excluding hydrogens is 388 g/mol. The third-order valence-corrected chi connectivity index (χ3v) is 4.36. The highest BCUT2D eigenvalue weighted by atomic mass is 16.6. The van der Waals surface area contributed by atoms with Crippen LogP contribution >= 0.6 is 0 Å². The summed E-state index contributed by atoms with van der Waals surface area (Å²) in [4.78, 5) is 36.2. The lowest BCUT2D eigenvalue weighted by atomic mass is 10.0. The predicted octanol–water partition coefficient (Wildman–Crippen LogP) is -2.89. The summed E-state index contributed by atoms with van der Waals surface area (Å²) in [7, 11) is 0. The zero-order chi connectivity index (χ0) is 21.0. The lowest BCUT2D eigenvalue weighted by molar-refractivity contribution is -0.139. The lowest BCUT2D eigenvalue weighted by Crippen LogP contribution is -2.39. The number of hydrogen-bond donors (Lipinski definition) is 5. The highest BCUT2D eigenvalue weighted by Gasteiger charge is 2.47. The fraction of sp³-hybridized carbons (Fsp3) is 0.562. The molecule has 0 bridgehead atoms. The Balaban J connectivity index is 1.62. The van der Waals surface area contributed by atoms with Gasteiger partial charge in [0.25, 0.3) is 0 Å². The van der Waals surface area contributed by atoms with Crippen molar-refractivity contribution in [3.8, 4) is 0 Å². The summed E-state index contributed by atoms with van der Waals surface area (Å²) in [5.41, 5.74) is 6.28. The van der Waals surface area contributed by atoms with E-state index in [0.717, 1.165) is 0 Å². The highest BCUT2D eigenvalue weighted by molar-refractivity contribution is 6.00. The fourth-order valence-corrected chi connectivity index (χ4v) is 2.96. The van der Waals surface area contributed by atoms with Crippen molar-refractivity contribution >= 4 is 28.7 Å². The van der Waals surface area contributed by atoms with Gasteiger partial charge in [0.05, 0.1) is 32.6 Å². The summed E-state index contributed by atoms with van der Waals surface area (Å²) in [5.74, 6) is -1.13. The summed E-state index contributed by atoms with van der Waals surface area (Å²) in [6.07, 6.45) is -3.55. The molecule has 3 heterocycles. The number of nitrogens with zero attached hydrogens (tertiary/aromatic N) is 4. The predicted molar refractivity (Wildman–Crippen MR) is 96.2 cm³/mol. The number of imidazole rings is 1. The number of nitrogen functional groups attached to an aromatic ring is 1. The van der Waals surface area contributed by atoms with E-state index in [4.69, 9.17) is 20.3 Å². The molecule has 1 aliphatic heterocycles. The van der Waals surface area contributed by atoms with Gasteiger partial charge in [-0.3, -0.25) is 14.2 Å². The number of carbonyl (C=O) groups excluding carboxylic acids is 2. The number of Topliss-reactive ketones (excluding diaryl/α,β-unsaturated/α-hetero) is 1. The van der Waals surface area contributed by atoms with Crippen LogP contribution in [0.4, 0.5) is 5.82 Å². The first-order chi connectivity index (χ1) is 13.9. The molecule has 1 aliphatic rings. The standard InChI is InChI=1S/C16H22N6O7/c17-14-10-15(20-6-19-14)22(7-21-10)16-12(27)11(26)13(29-16)8(24)5-9(25)18-1-3-28-4-2-23/h6-7,11-13,16,23,26-27H,1-5H2,(H,18,25)(H2,17,19,20)/t11-,12+,13+,16+/m0/s1. The van der Waals surface area contributed by atoms with Gasteiger partial charge in [-0.25, -0.2) is 15.0 Å². The van der Waals surface area contributed by atoms with Gasteiger partial charge in [-0.2, -0.15) is 0 Å². The van der Waals surface area contributed by atoms with Crippen molar-refractivity contribution < 1.29 is 34.4 Å². The second-order valence-corrected chi connectivity index (χ2v) is 6.34. The van der Waals surface area contributed by atoms with Crippen LogP contribution in [0.3, 0.4) is 0 Å². The second kappa shape index (κ2) is 9.19. The third kappa shape index (κ3) is 4.49. The van der Waals surface area contributed by atoms with E-state index in [1.54, 1.807) is 0 Å². The Morgan fingerprint density at radius 2 is 2.03 bits per heavy atom. The smallest absolute Gasteiger partial charge is 0.227 e. The van der Waals surface area contributed by atoms with Gasteiger partial charge in [0, 0.05) is 6.54 Å². The molecule has 158 valence electrons. The average Bonchev–Trinajstić information content (AvgIpc) is 3.24. The molecule has 0 radical (unpaired) electrons. The van der Waals surface area contributed by atoms with Crippen LogP contribution in [0.15, 0.2) is 12.7 Å². The zero-order valence-corrected chi connectivity index (χ0v) is 15.3. The molecule has 29 heavy (non-hydrogen) atoms. The number of carbonyl (C=O) groups is 2. The van der Waals surface area contributed by atoms with E-state index in [-0.39, 0.29) is 43.3 Å². The topological polar surface area (TPSA) is 195 Å². The minimum absolute atomic E-state index is 0.127. The van der Waals surface area contributed by atoms with Crippen molar-refractivity contribution in [2.24, 2.45) is 0 Å². The Morgan fingerprint density at radius 3 is 2.79 bits per heavy atom. The van der Waals surface area contributed by atoms with Gasteiger partial charge in [0.1, 0.15) is 30.2 Å². The van der Waals surface area contributed by atoms with Crippen LogP contribution < -0.4 is 11.1 Å². The number of nitrogens with two attached hydrogens (primary N) is 1. The van der Waals surface area contributed by atoms with E-state index in [1.807, 2.05) is 0 Å². The molecule has 3 rings (SSSR count). The fourth-order valence-electron chi connectivity index (χ4n) is 2.96. The number of amides is 1. The normalized spacial score (nSPS) is 24.1. The first kappa shape index (κ1) is 21.0. The lowest BCUT2D eigenvalue weighted by Gasteiger charge is -2.16. The van der Waals surface area contributed by atoms with E-state index in [9.17, 15) is 19.8 Å². The minimum atomic E-state index is -1.54. The van der Waals surface area contributed by atoms with Gasteiger partial charge in [-0.05, 0) is 0 Å². The Kier molecular flexibility index (Phi) is 6.66. The quantitative estimate of drug-likeness (QED) is 0.210. The summed E-state index contributed by atoms with van der Waals surface area (Å²) in [6, 6.07) is 0. The van der Waals surface area contributed by atoms with E-state index in [2.05, 4.69) is 20.3 Å². The number of nitrogens with one attached hydrogen (secondary N) is 1. The number of ketones is 1. The highest BCUT2D eigenvalue weighted by Crippen LogP contribution is 2.32. The molecule has 1 saturated heterocycles. The number of aliphatic hydroxyl groups excluding tert-OH is 3. The second-order valence-electron chi connectivity index (χ2n) is 6.34. The van der Waals surface area contributed by atoms with Crippen molar-refractivity contribution in [1.82, 2.24) is 24.8 Å². The Labute approximate surface area is 164 Å². The molecule has 6 N–H and O–H groups in total. The van der Waals surface area contributed by atoms with Crippen LogP contribution in [0.5, 0.6) is 0 Å². The summed E-state index contributed by atoms with van der Waals surface area (Å²) in [6.45, 7) is 0.365. The van der Waals surface area contributed by atoms with Crippen LogP contribution in [-0.2, 0) is 19.1 Å². The molecule has 0 aromatic carbocycles. The van der Waals surface area contributed by atoms with Crippen molar-refractivity contribution in [3.63, 3.8) is 0 Å². The number of rotatable bonds is 9. The molecule has 0 aliphatic carbocycles. The summed E-state index contributed by atoms with van der Waals surface area (Å²) < 4.78 is 11.9. The van der Waals surface area contributed by atoms with E-state index >= 15 is 0 Å². The monoisotopic (exact) mass is 410 g/mol. The van der Waals surface area contributed by atoms with Crippen molar-refractivity contribution in [2.45, 2.75) is 31.0 Å². The van der Waals surface area contributed by atoms with E-state index in [1.165, 1.54) is 17.2 Å². The van der Waals surface area contributed by atoms with Gasteiger partial charge in [-0.15, -0.1) is 0 Å². The van der Waals surface area contributed by atoms with Crippen LogP contribution in [0.1, 0.15) is 12.6 Å². The van der Waals surface area contributed by atoms with Gasteiger partial charge >= 0.3 is 0 Å². The van der Waals surface area contributed by atoms with Gasteiger partial charge in [-0.1, -0.05) is 0 Å². The van der Waals surface area contributed by atoms with Crippen LogP contribution in [-0.4, -0.2) is 91.2 Å². The van der Waals surface area contributed by atoms with E-state index < -0.39 is 42.7 Å². The van der Waals surface area contributed by atoms with Crippen molar-refractivity contribution in [1.29, 1.82) is 0 Å². The average molecular weight is 410 g/mol. The van der Waals surface area contributed by atoms with Crippen molar-refractivity contribution in [2.75, 3.05) is 32.1 Å². The molecule has 0 unspecified atom stereocenters. The van der Waals surface area contributed by atoms with Crippen LogP contribution in [0.2, 0.25) is 0 Å². The Morgan fingerprint density at radius 1 is 1.24 bits per heavy atom. The molecule has 1 amide bonds. The van der Waals surface area contributed by atoms with Crippen LogP contribution in [0, 0.1) is 0 Å². The Bertz CT molecular complexity index is 875. The third-order valence-electron chi connectivity index (χ3n) is 4.36. The van der Waals surface area contributed by atoms with Gasteiger partial charge in [0.15, 0.2) is 23.5 Å². The molecule has 1 fully saturated rings. The molecule has 13 heteroatoms. The summed E-state index contributed by atoms with van der Waals surface area (Å²) in [5, 5.41) is 31.7. The Hall–Kier alpha value is -2.71. The first-order valence-corrected chi connectivity index (χ1v) is 8.86. The molecular formula is C16H22N6O7. The SMILES string of the molecule is Nc1ncnc2c1ncn2[C@@H]1O[C@H](C(=O)CC(=O)NCCOCCO)[C@@H](O)[C@H]1O. The molecule has 2 aromatic heterocycles. The van der Waals surface area contributed by atoms with Crippen molar-refractivity contribution in [3.05, 3.63) is 12.7 Å². The number of anilines is 1. The maximum absolute atomic E-state index is 12.4. The molecule has 0 saturated carbocycles. The maximum Gasteiger partial charge on any atom is 0.227 e. The minimum Gasteiger partial charge on any atom is -0.394 e. The number of aromatic nitrogens is 4. The number of hydrogen-bond acceptors (Lipinski definition) is 11. The molecule has 0 spiro atoms. The zero-order valence-electron chi connectivity index (χ0n) is 15.3. The largest absolute Gasteiger partial charge is 0.394 e. The van der Waals surface area contributed by atoms with E-state index in [0.29, 0.717) is 0 Å². The maximum atomic E-state index is 12.4. The number of fused-ring (bicyclic) bond motifs is 1. The number of ether oxygens (including phenoxy) is 2. The molecule has 2 aromatic rings. The van der Waals surface area contributed by atoms with Crippen LogP contribution in [0.25, 0.3) is 11.2 Å². The first-order valence-electron chi connectivity index (χ1n) is 8.86.